The van der Waals surface area contributed by atoms with Gasteiger partial charge >= 0.3 is 0 Å². The van der Waals surface area contributed by atoms with Gasteiger partial charge in [-0.1, -0.05) is 18.2 Å². The summed E-state index contributed by atoms with van der Waals surface area (Å²) in [6, 6.07) is 13.4. The largest absolute Gasteiger partial charge is 0.490 e. The SMILES string of the molecule is CCOc1ccccc1OCCCC(=O)Nc1ccc(C)cc1Br. The van der Waals surface area contributed by atoms with Gasteiger partial charge in [-0.25, -0.2) is 0 Å². The Bertz CT molecular complexity index is 688. The minimum atomic E-state index is -0.0266. The summed E-state index contributed by atoms with van der Waals surface area (Å²) in [5.41, 5.74) is 1.93. The van der Waals surface area contributed by atoms with Crippen molar-refractivity contribution in [2.75, 3.05) is 18.5 Å². The predicted molar refractivity (Wildman–Crippen MR) is 99.8 cm³/mol. The van der Waals surface area contributed by atoms with Gasteiger partial charge in [-0.2, -0.15) is 0 Å². The van der Waals surface area contributed by atoms with E-state index in [1.54, 1.807) is 0 Å². The second-order valence-corrected chi connectivity index (χ2v) is 6.22. The van der Waals surface area contributed by atoms with E-state index in [9.17, 15) is 4.79 Å². The van der Waals surface area contributed by atoms with E-state index in [1.807, 2.05) is 56.3 Å². The summed E-state index contributed by atoms with van der Waals surface area (Å²) in [5.74, 6) is 1.41. The maximum Gasteiger partial charge on any atom is 0.224 e. The average Bonchev–Trinajstić information content (AvgIpc) is 2.56. The van der Waals surface area contributed by atoms with Crippen LogP contribution in [0.15, 0.2) is 46.9 Å². The summed E-state index contributed by atoms with van der Waals surface area (Å²) in [7, 11) is 0. The predicted octanol–water partition coefficient (Wildman–Crippen LogP) is 4.95. The van der Waals surface area contributed by atoms with Gasteiger partial charge in [0.15, 0.2) is 11.5 Å². The second-order valence-electron chi connectivity index (χ2n) is 5.36. The van der Waals surface area contributed by atoms with Crippen LogP contribution >= 0.6 is 15.9 Å². The number of aryl methyl sites for hydroxylation is 1. The van der Waals surface area contributed by atoms with Crippen LogP contribution in [-0.4, -0.2) is 19.1 Å². The molecule has 0 aliphatic carbocycles. The van der Waals surface area contributed by atoms with E-state index in [0.29, 0.717) is 31.8 Å². The van der Waals surface area contributed by atoms with Crippen LogP contribution in [0.4, 0.5) is 5.69 Å². The lowest BCUT2D eigenvalue weighted by Gasteiger charge is -2.12. The molecule has 4 nitrogen and oxygen atoms in total. The quantitative estimate of drug-likeness (QED) is 0.647. The van der Waals surface area contributed by atoms with E-state index in [4.69, 9.17) is 9.47 Å². The van der Waals surface area contributed by atoms with E-state index in [-0.39, 0.29) is 5.91 Å². The molecule has 0 fully saturated rings. The molecular weight excluding hydrogens is 370 g/mol. The monoisotopic (exact) mass is 391 g/mol. The van der Waals surface area contributed by atoms with Crippen molar-refractivity contribution in [1.82, 2.24) is 0 Å². The van der Waals surface area contributed by atoms with Crippen LogP contribution in [0.3, 0.4) is 0 Å². The van der Waals surface area contributed by atoms with Gasteiger partial charge in [-0.3, -0.25) is 4.79 Å². The lowest BCUT2D eigenvalue weighted by molar-refractivity contribution is -0.116. The van der Waals surface area contributed by atoms with Crippen LogP contribution in [0.1, 0.15) is 25.3 Å². The molecule has 0 bridgehead atoms. The molecule has 0 spiro atoms. The van der Waals surface area contributed by atoms with Crippen molar-refractivity contribution in [3.05, 3.63) is 52.5 Å². The number of hydrogen-bond acceptors (Lipinski definition) is 3. The standard InChI is InChI=1S/C19H22BrNO3/c1-3-23-17-7-4-5-8-18(17)24-12-6-9-19(22)21-16-11-10-14(2)13-15(16)20/h4-5,7-8,10-11,13H,3,6,9,12H2,1-2H3,(H,21,22). The highest BCUT2D eigenvalue weighted by Gasteiger charge is 2.07. The molecule has 2 aromatic rings. The third-order valence-electron chi connectivity index (χ3n) is 3.35. The zero-order chi connectivity index (χ0) is 17.4. The molecule has 2 rings (SSSR count). The van der Waals surface area contributed by atoms with Gasteiger partial charge in [0.2, 0.25) is 5.91 Å². The zero-order valence-corrected chi connectivity index (χ0v) is 15.6. The summed E-state index contributed by atoms with van der Waals surface area (Å²) in [4.78, 5) is 12.0. The molecule has 0 aromatic heterocycles. The van der Waals surface area contributed by atoms with Crippen molar-refractivity contribution in [1.29, 1.82) is 0 Å². The summed E-state index contributed by atoms with van der Waals surface area (Å²) in [5, 5.41) is 2.90. The van der Waals surface area contributed by atoms with Crippen LogP contribution in [0.2, 0.25) is 0 Å². The van der Waals surface area contributed by atoms with Crippen molar-refractivity contribution in [2.24, 2.45) is 0 Å². The second kappa shape index (κ2) is 9.33. The summed E-state index contributed by atoms with van der Waals surface area (Å²) < 4.78 is 12.1. The maximum absolute atomic E-state index is 12.0. The Kier molecular flexibility index (Phi) is 7.12. The number of nitrogens with one attached hydrogen (secondary N) is 1. The minimum absolute atomic E-state index is 0.0266. The first kappa shape index (κ1) is 18.3. The molecular formula is C19H22BrNO3. The lowest BCUT2D eigenvalue weighted by atomic mass is 10.2. The zero-order valence-electron chi connectivity index (χ0n) is 14.0. The van der Waals surface area contributed by atoms with Crippen molar-refractivity contribution >= 4 is 27.5 Å². The number of carbonyl (C=O) groups excluding carboxylic acids is 1. The van der Waals surface area contributed by atoms with Gasteiger partial charge < -0.3 is 14.8 Å². The van der Waals surface area contributed by atoms with Gasteiger partial charge in [0.05, 0.1) is 18.9 Å². The third-order valence-corrected chi connectivity index (χ3v) is 4.01. The molecule has 5 heteroatoms. The molecule has 0 unspecified atom stereocenters. The number of rotatable bonds is 8. The van der Waals surface area contributed by atoms with Crippen molar-refractivity contribution in [3.8, 4) is 11.5 Å². The first-order valence-corrected chi connectivity index (χ1v) is 8.80. The normalized spacial score (nSPS) is 10.3. The van der Waals surface area contributed by atoms with Crippen LogP contribution in [0.5, 0.6) is 11.5 Å². The topological polar surface area (TPSA) is 47.6 Å². The number of halogens is 1. The van der Waals surface area contributed by atoms with Crippen LogP contribution in [0.25, 0.3) is 0 Å². The lowest BCUT2D eigenvalue weighted by Crippen LogP contribution is -2.13. The molecule has 0 saturated carbocycles. The Labute approximate surface area is 151 Å². The fourth-order valence-corrected chi connectivity index (χ4v) is 2.79. The Morgan fingerprint density at radius 1 is 1.12 bits per heavy atom. The highest BCUT2D eigenvalue weighted by atomic mass is 79.9. The summed E-state index contributed by atoms with van der Waals surface area (Å²) >= 11 is 3.46. The number of ether oxygens (including phenoxy) is 2. The highest BCUT2D eigenvalue weighted by molar-refractivity contribution is 9.10. The van der Waals surface area contributed by atoms with E-state index >= 15 is 0 Å². The number of benzene rings is 2. The smallest absolute Gasteiger partial charge is 0.224 e. The molecule has 2 aromatic carbocycles. The molecule has 1 amide bonds. The number of hydrogen-bond donors (Lipinski definition) is 1. The van der Waals surface area contributed by atoms with Gasteiger partial charge in [-0.15, -0.1) is 0 Å². The average molecular weight is 392 g/mol. The number of amides is 1. The van der Waals surface area contributed by atoms with Crippen molar-refractivity contribution in [2.45, 2.75) is 26.7 Å². The summed E-state index contributed by atoms with van der Waals surface area (Å²) in [6.07, 6.45) is 1.03. The highest BCUT2D eigenvalue weighted by Crippen LogP contribution is 2.26. The fraction of sp³-hybridized carbons (Fsp3) is 0.316. The minimum Gasteiger partial charge on any atom is -0.490 e. The molecule has 1 N–H and O–H groups in total. The Morgan fingerprint density at radius 3 is 2.50 bits per heavy atom. The maximum atomic E-state index is 12.0. The first-order valence-electron chi connectivity index (χ1n) is 8.00. The third kappa shape index (κ3) is 5.57. The summed E-state index contributed by atoms with van der Waals surface area (Å²) in [6.45, 7) is 5.00. The van der Waals surface area contributed by atoms with E-state index in [1.165, 1.54) is 0 Å². The molecule has 0 heterocycles. The number of para-hydroxylation sites is 2. The number of carbonyl (C=O) groups is 1. The van der Waals surface area contributed by atoms with Gasteiger partial charge in [0, 0.05) is 10.9 Å². The van der Waals surface area contributed by atoms with E-state index in [2.05, 4.69) is 21.2 Å². The molecule has 128 valence electrons. The number of anilines is 1. The van der Waals surface area contributed by atoms with E-state index < -0.39 is 0 Å². The van der Waals surface area contributed by atoms with Crippen molar-refractivity contribution in [3.63, 3.8) is 0 Å². The van der Waals surface area contributed by atoms with Gasteiger partial charge in [0.25, 0.3) is 0 Å². The van der Waals surface area contributed by atoms with Crippen LogP contribution < -0.4 is 14.8 Å². The Balaban J connectivity index is 1.77. The molecule has 24 heavy (non-hydrogen) atoms. The molecule has 0 radical (unpaired) electrons. The molecule has 0 atom stereocenters. The van der Waals surface area contributed by atoms with Crippen molar-refractivity contribution < 1.29 is 14.3 Å². The molecule has 0 aliphatic heterocycles. The molecule has 0 saturated heterocycles. The Morgan fingerprint density at radius 2 is 1.83 bits per heavy atom. The molecule has 0 aliphatic rings. The van der Waals surface area contributed by atoms with E-state index in [0.717, 1.165) is 21.5 Å². The fourth-order valence-electron chi connectivity index (χ4n) is 2.19. The van der Waals surface area contributed by atoms with Crippen LogP contribution in [0, 0.1) is 6.92 Å². The van der Waals surface area contributed by atoms with Gasteiger partial charge in [0.1, 0.15) is 0 Å². The van der Waals surface area contributed by atoms with Gasteiger partial charge in [-0.05, 0) is 66.0 Å². The van der Waals surface area contributed by atoms with Crippen LogP contribution in [-0.2, 0) is 4.79 Å². The first-order chi connectivity index (χ1) is 11.6. The Hall–Kier alpha value is -2.01.